The molecule has 0 aliphatic heterocycles. The van der Waals surface area contributed by atoms with Crippen LogP contribution in [0, 0.1) is 17.5 Å². The van der Waals surface area contributed by atoms with E-state index in [0.717, 1.165) is 36.8 Å². The van der Waals surface area contributed by atoms with Crippen LogP contribution in [0.1, 0.15) is 55.2 Å². The van der Waals surface area contributed by atoms with Gasteiger partial charge in [-0.25, -0.2) is 13.2 Å². The molecule has 1 fully saturated rings. The zero-order chi connectivity index (χ0) is 24.8. The normalized spacial score (nSPS) is 18.0. The summed E-state index contributed by atoms with van der Waals surface area (Å²) in [4.78, 5) is 0. The average Bonchev–Trinajstić information content (AvgIpc) is 2.89. The number of hydrogen-bond donors (Lipinski definition) is 0. The van der Waals surface area contributed by atoms with Gasteiger partial charge >= 0.3 is 0 Å². The van der Waals surface area contributed by atoms with Gasteiger partial charge in [0.25, 0.3) is 0 Å². The predicted molar refractivity (Wildman–Crippen MR) is 130 cm³/mol. The Labute approximate surface area is 204 Å². The van der Waals surface area contributed by atoms with Crippen molar-refractivity contribution in [2.45, 2.75) is 57.8 Å². The molecule has 0 amide bonds. The lowest BCUT2D eigenvalue weighted by Crippen LogP contribution is -2.20. The van der Waals surface area contributed by atoms with Crippen LogP contribution < -0.4 is 4.74 Å². The van der Waals surface area contributed by atoms with E-state index in [9.17, 15) is 13.2 Å². The quantitative estimate of drug-likeness (QED) is 0.314. The lowest BCUT2D eigenvalue weighted by Gasteiger charge is -2.28. The number of hydrogen-bond acceptors (Lipinski definition) is 3. The number of halogens is 3. The van der Waals surface area contributed by atoms with Crippen molar-refractivity contribution in [3.8, 4) is 16.9 Å². The molecule has 4 rings (SSSR count). The molecule has 0 unspecified atom stereocenters. The fourth-order valence-electron chi connectivity index (χ4n) is 4.62. The molecular formula is C29H31F3O3. The second kappa shape index (κ2) is 11.7. The van der Waals surface area contributed by atoms with E-state index in [2.05, 4.69) is 0 Å². The minimum Gasteiger partial charge on any atom is -0.486 e. The Balaban J connectivity index is 1.41. The van der Waals surface area contributed by atoms with E-state index < -0.39 is 17.5 Å². The minimum atomic E-state index is -0.824. The van der Waals surface area contributed by atoms with Gasteiger partial charge in [-0.15, -0.1) is 0 Å². The Bertz CT molecular complexity index is 1120. The monoisotopic (exact) mass is 484 g/mol. The van der Waals surface area contributed by atoms with Gasteiger partial charge in [0.2, 0.25) is 0 Å². The molecule has 186 valence electrons. The van der Waals surface area contributed by atoms with E-state index in [4.69, 9.17) is 14.2 Å². The summed E-state index contributed by atoms with van der Waals surface area (Å²) in [7, 11) is 1.69. The summed E-state index contributed by atoms with van der Waals surface area (Å²) < 4.78 is 60.5. The minimum absolute atomic E-state index is 0.0121. The Morgan fingerprint density at radius 1 is 0.800 bits per heavy atom. The molecule has 0 spiro atoms. The molecule has 3 aromatic rings. The maximum absolute atomic E-state index is 15.0. The van der Waals surface area contributed by atoms with Crippen LogP contribution in [0.2, 0.25) is 0 Å². The van der Waals surface area contributed by atoms with Crippen LogP contribution in [0.4, 0.5) is 13.2 Å². The van der Waals surface area contributed by atoms with Gasteiger partial charge in [-0.1, -0.05) is 42.5 Å². The Kier molecular flexibility index (Phi) is 8.47. The molecule has 1 saturated carbocycles. The molecule has 0 aromatic heterocycles. The average molecular weight is 485 g/mol. The van der Waals surface area contributed by atoms with Gasteiger partial charge < -0.3 is 14.2 Å². The lowest BCUT2D eigenvalue weighted by atomic mass is 9.82. The van der Waals surface area contributed by atoms with Crippen LogP contribution in [0.5, 0.6) is 5.75 Å². The number of rotatable bonds is 9. The van der Waals surface area contributed by atoms with Crippen molar-refractivity contribution in [3.63, 3.8) is 0 Å². The van der Waals surface area contributed by atoms with E-state index in [1.54, 1.807) is 55.6 Å². The highest BCUT2D eigenvalue weighted by Crippen LogP contribution is 2.37. The second-order valence-electron chi connectivity index (χ2n) is 8.93. The van der Waals surface area contributed by atoms with Crippen LogP contribution in [-0.4, -0.2) is 19.8 Å². The SMILES string of the molecule is CCOCc1ccc(OCc2ccc(-c3ccc(C4CCC(OC)CC4)c(F)c3F)cc2)c(F)c1. The van der Waals surface area contributed by atoms with E-state index in [1.165, 1.54) is 6.07 Å². The molecule has 3 nitrogen and oxygen atoms in total. The van der Waals surface area contributed by atoms with Crippen LogP contribution >= 0.6 is 0 Å². The van der Waals surface area contributed by atoms with Gasteiger partial charge in [-0.05, 0) is 72.9 Å². The van der Waals surface area contributed by atoms with Crippen LogP contribution in [0.25, 0.3) is 11.1 Å². The van der Waals surface area contributed by atoms with E-state index >= 15 is 0 Å². The highest BCUT2D eigenvalue weighted by atomic mass is 19.2. The summed E-state index contributed by atoms with van der Waals surface area (Å²) in [5.41, 5.74) is 2.77. The summed E-state index contributed by atoms with van der Waals surface area (Å²) in [6.45, 7) is 2.95. The Morgan fingerprint density at radius 3 is 2.17 bits per heavy atom. The molecule has 0 bridgehead atoms. The number of methoxy groups -OCH3 is 1. The summed E-state index contributed by atoms with van der Waals surface area (Å²) in [5.74, 6) is -1.88. The molecule has 3 aromatic carbocycles. The molecule has 0 saturated heterocycles. The molecular weight excluding hydrogens is 453 g/mol. The largest absolute Gasteiger partial charge is 0.486 e. The van der Waals surface area contributed by atoms with Crippen LogP contribution in [0.15, 0.2) is 54.6 Å². The maximum atomic E-state index is 15.0. The van der Waals surface area contributed by atoms with Crippen LogP contribution in [0.3, 0.4) is 0 Å². The highest BCUT2D eigenvalue weighted by molar-refractivity contribution is 5.65. The molecule has 0 atom stereocenters. The van der Waals surface area contributed by atoms with Gasteiger partial charge in [-0.3, -0.25) is 0 Å². The molecule has 1 aliphatic rings. The fraction of sp³-hybridized carbons (Fsp3) is 0.379. The third kappa shape index (κ3) is 6.06. The molecule has 0 heterocycles. The molecule has 35 heavy (non-hydrogen) atoms. The summed E-state index contributed by atoms with van der Waals surface area (Å²) in [5, 5.41) is 0. The summed E-state index contributed by atoms with van der Waals surface area (Å²) in [6, 6.07) is 15.1. The third-order valence-corrected chi connectivity index (χ3v) is 6.69. The zero-order valence-corrected chi connectivity index (χ0v) is 20.2. The van der Waals surface area contributed by atoms with Gasteiger partial charge in [0.05, 0.1) is 12.7 Å². The van der Waals surface area contributed by atoms with Crippen molar-refractivity contribution >= 4 is 0 Å². The second-order valence-corrected chi connectivity index (χ2v) is 8.93. The van der Waals surface area contributed by atoms with Crippen molar-refractivity contribution in [1.82, 2.24) is 0 Å². The first-order valence-corrected chi connectivity index (χ1v) is 12.1. The smallest absolute Gasteiger partial charge is 0.166 e. The van der Waals surface area contributed by atoms with Crippen molar-refractivity contribution in [2.24, 2.45) is 0 Å². The predicted octanol–water partition coefficient (Wildman–Crippen LogP) is 7.56. The first-order chi connectivity index (χ1) is 17.0. The Hall–Kier alpha value is -2.83. The summed E-state index contributed by atoms with van der Waals surface area (Å²) >= 11 is 0. The van der Waals surface area contributed by atoms with Gasteiger partial charge in [0.1, 0.15) is 6.61 Å². The summed E-state index contributed by atoms with van der Waals surface area (Å²) in [6.07, 6.45) is 3.50. The molecule has 1 aliphatic carbocycles. The Morgan fingerprint density at radius 2 is 1.51 bits per heavy atom. The number of ether oxygens (including phenoxy) is 3. The number of benzene rings is 3. The van der Waals surface area contributed by atoms with Gasteiger partial charge in [0, 0.05) is 19.3 Å². The zero-order valence-electron chi connectivity index (χ0n) is 20.2. The maximum Gasteiger partial charge on any atom is 0.166 e. The van der Waals surface area contributed by atoms with E-state index in [0.29, 0.717) is 24.3 Å². The lowest BCUT2D eigenvalue weighted by molar-refractivity contribution is 0.0655. The van der Waals surface area contributed by atoms with Crippen LogP contribution in [-0.2, 0) is 22.7 Å². The van der Waals surface area contributed by atoms with Crippen molar-refractivity contribution in [3.05, 3.63) is 88.7 Å². The van der Waals surface area contributed by atoms with Crippen molar-refractivity contribution in [1.29, 1.82) is 0 Å². The van der Waals surface area contributed by atoms with Crippen molar-refractivity contribution < 1.29 is 27.4 Å². The van der Waals surface area contributed by atoms with Gasteiger partial charge in [0.15, 0.2) is 23.2 Å². The van der Waals surface area contributed by atoms with Crippen molar-refractivity contribution in [2.75, 3.05) is 13.7 Å². The van der Waals surface area contributed by atoms with E-state index in [-0.39, 0.29) is 29.9 Å². The molecule has 0 N–H and O–H groups in total. The molecule has 6 heteroatoms. The fourth-order valence-corrected chi connectivity index (χ4v) is 4.62. The standard InChI is InChI=1S/C29H31F3O3/c1-3-34-17-20-6-15-27(26(30)16-20)35-18-19-4-7-21(8-5-19)24-13-14-25(29(32)28(24)31)22-9-11-23(33-2)12-10-22/h4-8,13-16,22-23H,3,9-12,17-18H2,1-2H3. The third-order valence-electron chi connectivity index (χ3n) is 6.69. The molecule has 0 radical (unpaired) electrons. The first-order valence-electron chi connectivity index (χ1n) is 12.1. The first kappa shape index (κ1) is 25.3. The highest BCUT2D eigenvalue weighted by Gasteiger charge is 2.26. The van der Waals surface area contributed by atoms with Gasteiger partial charge in [-0.2, -0.15) is 0 Å². The van der Waals surface area contributed by atoms with E-state index in [1.807, 2.05) is 6.92 Å². The topological polar surface area (TPSA) is 27.7 Å².